The molecule has 2 unspecified atom stereocenters. The Morgan fingerprint density at radius 1 is 0.958 bits per heavy atom. The molecule has 6 nitrogen and oxygen atoms in total. The van der Waals surface area contributed by atoms with Crippen LogP contribution in [0, 0.1) is 6.92 Å². The topological polar surface area (TPSA) is 91.8 Å². The number of likely N-dealkylation sites (tertiary alicyclic amines) is 1. The minimum Gasteiger partial charge on any atom is -0.380 e. The van der Waals surface area contributed by atoms with Gasteiger partial charge in [-0.2, -0.15) is 26.3 Å². The van der Waals surface area contributed by atoms with E-state index in [0.717, 1.165) is 18.8 Å². The van der Waals surface area contributed by atoms with Gasteiger partial charge in [-0.3, -0.25) is 4.79 Å². The van der Waals surface area contributed by atoms with Crippen LogP contribution in [0.4, 0.5) is 30.7 Å². The van der Waals surface area contributed by atoms with E-state index >= 15 is 0 Å². The first-order valence-electron chi connectivity index (χ1n) is 16.1. The number of fused-ring (bicyclic) bond motifs is 3. The van der Waals surface area contributed by atoms with Crippen LogP contribution in [-0.4, -0.2) is 61.2 Å². The fourth-order valence-electron chi connectivity index (χ4n) is 7.08. The summed E-state index contributed by atoms with van der Waals surface area (Å²) in [7, 11) is -4.43. The van der Waals surface area contributed by atoms with Gasteiger partial charge in [0.05, 0.1) is 10.9 Å². The minimum atomic E-state index is -6.33. The number of alkyl halides is 7. The number of sulfone groups is 1. The highest BCUT2D eigenvalue weighted by molar-refractivity contribution is 7.92. The van der Waals surface area contributed by atoms with E-state index in [1.54, 1.807) is 13.0 Å². The van der Waals surface area contributed by atoms with E-state index in [4.69, 9.17) is 0 Å². The molecule has 0 aromatic heterocycles. The summed E-state index contributed by atoms with van der Waals surface area (Å²) in [5, 5.41) is 11.2. The quantitative estimate of drug-likeness (QED) is 0.253. The molecular formula is C34H42F7NO5S. The fraction of sp³-hybridized carbons (Fsp3) is 0.588. The monoisotopic (exact) mass is 709 g/mol. The van der Waals surface area contributed by atoms with Crippen LogP contribution in [0.2, 0.25) is 0 Å². The molecule has 1 aliphatic heterocycles. The van der Waals surface area contributed by atoms with Crippen LogP contribution >= 0.6 is 0 Å². The zero-order valence-corrected chi connectivity index (χ0v) is 28.2. The summed E-state index contributed by atoms with van der Waals surface area (Å²) in [6, 6.07) is 6.49. The number of rotatable bonds is 5. The second-order valence-electron chi connectivity index (χ2n) is 12.2. The van der Waals surface area contributed by atoms with Crippen molar-refractivity contribution in [2.45, 2.75) is 125 Å². The average molecular weight is 710 g/mol. The number of aldehydes is 1. The van der Waals surface area contributed by atoms with Crippen LogP contribution in [0.15, 0.2) is 47.4 Å². The second kappa shape index (κ2) is 14.5. The molecular weight excluding hydrogens is 667 g/mol. The molecule has 2 aliphatic carbocycles. The highest BCUT2D eigenvalue weighted by Gasteiger charge is 2.74. The van der Waals surface area contributed by atoms with Gasteiger partial charge in [-0.25, -0.2) is 12.8 Å². The van der Waals surface area contributed by atoms with Crippen LogP contribution in [0.5, 0.6) is 0 Å². The Morgan fingerprint density at radius 3 is 2.06 bits per heavy atom. The summed E-state index contributed by atoms with van der Waals surface area (Å²) in [6.07, 6.45) is -9.26. The highest BCUT2D eigenvalue weighted by atomic mass is 32.2. The standard InChI is InChI=1S/C29H30F7NO4S.C3H6O.C2H6/c1-18-6-5-7-21(16-18)42(40,41)26-14-15-37(24(38)25(39)12-3-2-4-13-25)23(26)11-8-19-17-20(9-10-22(19)26)27(30,28(31,32)33)29(34,35)36;1-2-3-4;1-2/h5-7,9-10,16-17,23,39H,2-4,8,11-15H2,1H3;3H,2H2,1H3;1-2H3. The lowest BCUT2D eigenvalue weighted by molar-refractivity contribution is -0.348. The van der Waals surface area contributed by atoms with E-state index in [0.29, 0.717) is 37.0 Å². The van der Waals surface area contributed by atoms with Gasteiger partial charge in [-0.1, -0.05) is 70.4 Å². The summed E-state index contributed by atoms with van der Waals surface area (Å²) >= 11 is 0. The molecule has 1 saturated carbocycles. The number of aliphatic hydroxyl groups is 1. The molecule has 2 aromatic rings. The van der Waals surface area contributed by atoms with Crippen molar-refractivity contribution in [2.75, 3.05) is 6.54 Å². The van der Waals surface area contributed by atoms with E-state index < -0.39 is 55.7 Å². The summed E-state index contributed by atoms with van der Waals surface area (Å²) in [6.45, 7) is 7.37. The molecule has 2 aromatic carbocycles. The summed E-state index contributed by atoms with van der Waals surface area (Å²) in [4.78, 5) is 24.1. The third-order valence-corrected chi connectivity index (χ3v) is 11.9. The molecule has 0 bridgehead atoms. The van der Waals surface area contributed by atoms with Crippen LogP contribution in [0.3, 0.4) is 0 Å². The summed E-state index contributed by atoms with van der Waals surface area (Å²) in [5.41, 5.74) is -8.70. The first kappa shape index (κ1) is 39.4. The summed E-state index contributed by atoms with van der Waals surface area (Å²) < 4.78 is 123. The molecule has 268 valence electrons. The van der Waals surface area contributed by atoms with Crippen LogP contribution < -0.4 is 0 Å². The molecule has 2 fully saturated rings. The van der Waals surface area contributed by atoms with Crippen LogP contribution in [-0.2, 0) is 36.3 Å². The number of benzene rings is 2. The van der Waals surface area contributed by atoms with E-state index in [9.17, 15) is 53.8 Å². The molecule has 48 heavy (non-hydrogen) atoms. The van der Waals surface area contributed by atoms with Crippen LogP contribution in [0.1, 0.15) is 94.4 Å². The lowest BCUT2D eigenvalue weighted by Gasteiger charge is -2.44. The number of hydrogen-bond acceptors (Lipinski definition) is 5. The Labute approximate surface area is 276 Å². The zero-order valence-electron chi connectivity index (χ0n) is 27.3. The highest BCUT2D eigenvalue weighted by Crippen LogP contribution is 2.57. The van der Waals surface area contributed by atoms with Gasteiger partial charge in [0.25, 0.3) is 5.91 Å². The lowest BCUT2D eigenvalue weighted by Crippen LogP contribution is -2.57. The Kier molecular flexibility index (Phi) is 11.9. The third-order valence-electron chi connectivity index (χ3n) is 9.35. The molecule has 5 rings (SSSR count). The van der Waals surface area contributed by atoms with Crippen molar-refractivity contribution in [1.29, 1.82) is 0 Å². The van der Waals surface area contributed by atoms with Gasteiger partial charge < -0.3 is 14.8 Å². The normalized spacial score (nSPS) is 22.2. The molecule has 1 N–H and O–H groups in total. The van der Waals surface area contributed by atoms with Gasteiger partial charge in [0.2, 0.25) is 0 Å². The van der Waals surface area contributed by atoms with Crippen molar-refractivity contribution < 1.29 is 53.8 Å². The van der Waals surface area contributed by atoms with E-state index in [2.05, 4.69) is 0 Å². The van der Waals surface area contributed by atoms with Crippen molar-refractivity contribution in [1.82, 2.24) is 4.90 Å². The lowest BCUT2D eigenvalue weighted by atomic mass is 9.76. The average Bonchev–Trinajstić information content (AvgIpc) is 3.45. The fourth-order valence-corrected chi connectivity index (χ4v) is 9.56. The van der Waals surface area contributed by atoms with E-state index in [1.807, 2.05) is 20.8 Å². The maximum atomic E-state index is 15.0. The number of carbonyl (C=O) groups excluding carboxylic acids is 2. The smallest absolute Gasteiger partial charge is 0.380 e. The predicted molar refractivity (Wildman–Crippen MR) is 166 cm³/mol. The number of hydrogen-bond donors (Lipinski definition) is 1. The largest absolute Gasteiger partial charge is 0.435 e. The molecule has 0 spiro atoms. The summed E-state index contributed by atoms with van der Waals surface area (Å²) in [5.74, 6) is -0.634. The number of aryl methyl sites for hydroxylation is 2. The molecule has 1 amide bonds. The molecule has 2 atom stereocenters. The second-order valence-corrected chi connectivity index (χ2v) is 14.4. The minimum absolute atomic E-state index is 0.0679. The molecule has 14 heteroatoms. The van der Waals surface area contributed by atoms with Crippen molar-refractivity contribution in [3.05, 3.63) is 64.7 Å². The SMILES string of the molecule is CC.CCC=O.Cc1cccc(S(=O)(=O)C23CCN(C(=O)C4(O)CCCCC4)C2CCc2cc(C(F)(C(F)(F)F)C(F)(F)F)ccc23)c1. The van der Waals surface area contributed by atoms with E-state index in [1.165, 1.54) is 23.1 Å². The molecule has 1 saturated heterocycles. The van der Waals surface area contributed by atoms with Gasteiger partial charge >= 0.3 is 18.0 Å². The maximum Gasteiger partial charge on any atom is 0.435 e. The molecule has 3 aliphatic rings. The maximum absolute atomic E-state index is 15.0. The predicted octanol–water partition coefficient (Wildman–Crippen LogP) is 7.82. The number of amides is 1. The van der Waals surface area contributed by atoms with Gasteiger partial charge in [-0.15, -0.1) is 0 Å². The number of carbonyl (C=O) groups is 2. The Bertz CT molecular complexity index is 1550. The van der Waals surface area contributed by atoms with Crippen molar-refractivity contribution >= 4 is 22.0 Å². The number of halogens is 7. The third kappa shape index (κ3) is 6.63. The van der Waals surface area contributed by atoms with Crippen molar-refractivity contribution in [3.63, 3.8) is 0 Å². The van der Waals surface area contributed by atoms with Gasteiger partial charge in [0, 0.05) is 18.5 Å². The van der Waals surface area contributed by atoms with Gasteiger partial charge in [0.15, 0.2) is 9.84 Å². The van der Waals surface area contributed by atoms with Crippen molar-refractivity contribution in [3.8, 4) is 0 Å². The van der Waals surface area contributed by atoms with Gasteiger partial charge in [0.1, 0.15) is 16.6 Å². The Hall–Kier alpha value is -3.00. The Morgan fingerprint density at radius 2 is 1.54 bits per heavy atom. The van der Waals surface area contributed by atoms with E-state index in [-0.39, 0.29) is 54.7 Å². The van der Waals surface area contributed by atoms with Crippen LogP contribution in [0.25, 0.3) is 0 Å². The molecule has 1 heterocycles. The first-order valence-corrected chi connectivity index (χ1v) is 17.5. The van der Waals surface area contributed by atoms with Crippen molar-refractivity contribution in [2.24, 2.45) is 0 Å². The Balaban J connectivity index is 0.000000970. The number of nitrogens with zero attached hydrogens (tertiary/aromatic N) is 1. The first-order chi connectivity index (χ1) is 22.3. The zero-order chi connectivity index (χ0) is 36.3. The van der Waals surface area contributed by atoms with Gasteiger partial charge in [-0.05, 0) is 67.9 Å². The molecule has 0 radical (unpaired) electrons.